The number of rotatable bonds is 8. The van der Waals surface area contributed by atoms with E-state index in [1.165, 1.54) is 12.8 Å². The number of pyridine rings is 3. The van der Waals surface area contributed by atoms with Gasteiger partial charge < -0.3 is 30.1 Å². The number of hydrogen-bond donors (Lipinski definition) is 2. The van der Waals surface area contributed by atoms with E-state index in [0.29, 0.717) is 37.6 Å². The molecule has 0 radical (unpaired) electrons. The second-order valence-electron chi connectivity index (χ2n) is 10.5. The van der Waals surface area contributed by atoms with E-state index in [1.54, 1.807) is 12.4 Å². The number of nitrogens with zero attached hydrogens (tertiary/aromatic N) is 8. The van der Waals surface area contributed by atoms with Crippen LogP contribution < -0.4 is 20.4 Å². The predicted octanol–water partition coefficient (Wildman–Crippen LogP) is 3.54. The zero-order valence-electron chi connectivity index (χ0n) is 23.1. The van der Waals surface area contributed by atoms with Crippen molar-refractivity contribution in [3.05, 3.63) is 60.7 Å². The van der Waals surface area contributed by atoms with E-state index in [-0.39, 0.29) is 0 Å². The highest BCUT2D eigenvalue weighted by Crippen LogP contribution is 2.29. The van der Waals surface area contributed by atoms with Crippen LogP contribution in [0.25, 0.3) is 10.9 Å². The molecule has 2 aliphatic rings. The molecule has 40 heavy (non-hydrogen) atoms. The number of nitrogens with one attached hydrogen (secondary N) is 2. The first-order valence-corrected chi connectivity index (χ1v) is 13.9. The van der Waals surface area contributed by atoms with Crippen LogP contribution in [0.1, 0.15) is 18.4 Å². The SMILES string of the molecule is CN(C)C1CCN(c2ccc(Nc3cc4c(N5CCOCC5)nc(NCc5cccnc5)nc4cn3)nc2)CC1. The van der Waals surface area contributed by atoms with Crippen LogP contribution in [0.15, 0.2) is 55.1 Å². The minimum absolute atomic E-state index is 0.562. The molecule has 0 spiro atoms. The summed E-state index contributed by atoms with van der Waals surface area (Å²) in [6, 6.07) is 10.8. The second-order valence-corrected chi connectivity index (χ2v) is 10.5. The molecule has 6 heterocycles. The molecule has 11 heteroatoms. The standard InChI is InChI=1S/C29H36N10O/c1-37(2)22-7-10-38(11-8-22)23-5-6-26(31-19-23)35-27-16-24-25(20-32-27)34-29(33-18-21-4-3-9-30-17-21)36-28(24)39-12-14-40-15-13-39/h3-6,9,16-17,19-20,22H,7-8,10-15,18H2,1-2H3,(H,31,32,35)(H,33,34,36). The van der Waals surface area contributed by atoms with Crippen LogP contribution in [0, 0.1) is 0 Å². The van der Waals surface area contributed by atoms with Crippen LogP contribution in [0.2, 0.25) is 0 Å². The Balaban J connectivity index is 1.20. The van der Waals surface area contributed by atoms with E-state index in [4.69, 9.17) is 14.7 Å². The van der Waals surface area contributed by atoms with Gasteiger partial charge in [-0.25, -0.2) is 15.0 Å². The predicted molar refractivity (Wildman–Crippen MR) is 158 cm³/mol. The lowest BCUT2D eigenvalue weighted by Crippen LogP contribution is -2.42. The van der Waals surface area contributed by atoms with Crippen molar-refractivity contribution in [1.82, 2.24) is 29.8 Å². The molecule has 0 unspecified atom stereocenters. The van der Waals surface area contributed by atoms with Gasteiger partial charge in [0.1, 0.15) is 17.5 Å². The minimum Gasteiger partial charge on any atom is -0.378 e. The molecule has 2 N–H and O–H groups in total. The average Bonchev–Trinajstić information content (AvgIpc) is 3.01. The fraction of sp³-hybridized carbons (Fsp3) is 0.414. The molecule has 0 aliphatic carbocycles. The second kappa shape index (κ2) is 12.0. The summed E-state index contributed by atoms with van der Waals surface area (Å²) in [6.07, 6.45) is 9.68. The molecule has 6 rings (SSSR count). The van der Waals surface area contributed by atoms with Crippen molar-refractivity contribution in [2.75, 3.05) is 73.9 Å². The molecule has 4 aromatic heterocycles. The number of hydrogen-bond acceptors (Lipinski definition) is 11. The third kappa shape index (κ3) is 6.05. The first-order chi connectivity index (χ1) is 19.6. The van der Waals surface area contributed by atoms with Gasteiger partial charge in [-0.1, -0.05) is 6.07 Å². The molecule has 208 valence electrons. The van der Waals surface area contributed by atoms with Crippen LogP contribution in [-0.2, 0) is 11.3 Å². The monoisotopic (exact) mass is 540 g/mol. The molecule has 0 atom stereocenters. The van der Waals surface area contributed by atoms with Crippen LogP contribution in [0.4, 0.5) is 29.1 Å². The van der Waals surface area contributed by atoms with E-state index < -0.39 is 0 Å². The molecule has 0 saturated carbocycles. The van der Waals surface area contributed by atoms with Crippen molar-refractivity contribution in [2.24, 2.45) is 0 Å². The van der Waals surface area contributed by atoms with Crippen molar-refractivity contribution in [3.63, 3.8) is 0 Å². The van der Waals surface area contributed by atoms with Crippen molar-refractivity contribution in [1.29, 1.82) is 0 Å². The van der Waals surface area contributed by atoms with Gasteiger partial charge in [0, 0.05) is 56.5 Å². The highest BCUT2D eigenvalue weighted by molar-refractivity contribution is 5.92. The van der Waals surface area contributed by atoms with Gasteiger partial charge in [0.2, 0.25) is 5.95 Å². The van der Waals surface area contributed by atoms with Gasteiger partial charge in [0.15, 0.2) is 0 Å². The van der Waals surface area contributed by atoms with Gasteiger partial charge in [0.05, 0.1) is 36.8 Å². The van der Waals surface area contributed by atoms with Crippen LogP contribution in [-0.4, -0.2) is 89.3 Å². The molecular weight excluding hydrogens is 504 g/mol. The zero-order chi connectivity index (χ0) is 27.3. The van der Waals surface area contributed by atoms with Gasteiger partial charge in [0.25, 0.3) is 0 Å². The molecule has 0 bridgehead atoms. The molecule has 2 fully saturated rings. The summed E-state index contributed by atoms with van der Waals surface area (Å²) in [6.45, 7) is 5.57. The Morgan fingerprint density at radius 2 is 1.75 bits per heavy atom. The zero-order valence-corrected chi connectivity index (χ0v) is 23.1. The quantitative estimate of drug-likeness (QED) is 0.343. The molecule has 11 nitrogen and oxygen atoms in total. The van der Waals surface area contributed by atoms with Crippen molar-refractivity contribution in [3.8, 4) is 0 Å². The van der Waals surface area contributed by atoms with E-state index >= 15 is 0 Å². The third-order valence-electron chi connectivity index (χ3n) is 7.61. The summed E-state index contributed by atoms with van der Waals surface area (Å²) in [5.41, 5.74) is 3.00. The Hall–Kier alpha value is -4.09. The maximum absolute atomic E-state index is 5.59. The van der Waals surface area contributed by atoms with Gasteiger partial charge in [-0.3, -0.25) is 4.98 Å². The highest BCUT2D eigenvalue weighted by atomic mass is 16.5. The Labute approximate surface area is 234 Å². The summed E-state index contributed by atoms with van der Waals surface area (Å²) in [5, 5.41) is 7.65. The van der Waals surface area contributed by atoms with E-state index in [9.17, 15) is 0 Å². The number of piperidine rings is 1. The molecular formula is C29H36N10O. The lowest BCUT2D eigenvalue weighted by atomic mass is 10.0. The van der Waals surface area contributed by atoms with E-state index in [1.807, 2.05) is 36.7 Å². The van der Waals surface area contributed by atoms with Crippen molar-refractivity contribution in [2.45, 2.75) is 25.4 Å². The fourth-order valence-corrected chi connectivity index (χ4v) is 5.28. The molecule has 0 amide bonds. The Kier molecular flexibility index (Phi) is 7.83. The van der Waals surface area contributed by atoms with Gasteiger partial charge in [-0.05, 0) is 56.8 Å². The van der Waals surface area contributed by atoms with Crippen molar-refractivity contribution >= 4 is 40.0 Å². The summed E-state index contributed by atoms with van der Waals surface area (Å²) < 4.78 is 5.59. The summed E-state index contributed by atoms with van der Waals surface area (Å²) in [7, 11) is 4.33. The fourth-order valence-electron chi connectivity index (χ4n) is 5.28. The lowest BCUT2D eigenvalue weighted by Gasteiger charge is -2.36. The van der Waals surface area contributed by atoms with Gasteiger partial charge >= 0.3 is 0 Å². The van der Waals surface area contributed by atoms with Crippen molar-refractivity contribution < 1.29 is 4.74 Å². The number of aromatic nitrogens is 5. The highest BCUT2D eigenvalue weighted by Gasteiger charge is 2.21. The van der Waals surface area contributed by atoms with E-state index in [2.05, 4.69) is 60.4 Å². The maximum Gasteiger partial charge on any atom is 0.225 e. The van der Waals surface area contributed by atoms with Crippen LogP contribution in [0.5, 0.6) is 0 Å². The molecule has 2 aliphatic heterocycles. The molecule has 4 aromatic rings. The number of fused-ring (bicyclic) bond motifs is 1. The van der Waals surface area contributed by atoms with Gasteiger partial charge in [-0.15, -0.1) is 0 Å². The number of morpholine rings is 1. The Morgan fingerprint density at radius 3 is 2.48 bits per heavy atom. The third-order valence-corrected chi connectivity index (χ3v) is 7.61. The summed E-state index contributed by atoms with van der Waals surface area (Å²) >= 11 is 0. The topological polar surface area (TPSA) is 107 Å². The normalized spacial score (nSPS) is 16.5. The van der Waals surface area contributed by atoms with Gasteiger partial charge in [-0.2, -0.15) is 4.98 Å². The Morgan fingerprint density at radius 1 is 0.925 bits per heavy atom. The smallest absolute Gasteiger partial charge is 0.225 e. The maximum atomic E-state index is 5.59. The Bertz CT molecular complexity index is 1400. The molecule has 2 saturated heterocycles. The van der Waals surface area contributed by atoms with E-state index in [0.717, 1.165) is 60.0 Å². The summed E-state index contributed by atoms with van der Waals surface area (Å²) in [5.74, 6) is 2.89. The van der Waals surface area contributed by atoms with Crippen LogP contribution >= 0.6 is 0 Å². The van der Waals surface area contributed by atoms with Crippen LogP contribution in [0.3, 0.4) is 0 Å². The summed E-state index contributed by atoms with van der Waals surface area (Å²) in [4.78, 5) is 30.2. The first kappa shape index (κ1) is 26.1. The number of ether oxygens (including phenoxy) is 1. The lowest BCUT2D eigenvalue weighted by molar-refractivity contribution is 0.122. The molecule has 0 aromatic carbocycles. The largest absolute Gasteiger partial charge is 0.378 e. The minimum atomic E-state index is 0.562. The number of anilines is 5. The average molecular weight is 541 g/mol. The first-order valence-electron chi connectivity index (χ1n) is 13.9.